The van der Waals surface area contributed by atoms with Crippen molar-refractivity contribution in [1.29, 1.82) is 0 Å². The van der Waals surface area contributed by atoms with E-state index in [2.05, 4.69) is 27.0 Å². The van der Waals surface area contributed by atoms with Crippen molar-refractivity contribution >= 4 is 11.7 Å². The van der Waals surface area contributed by atoms with E-state index in [9.17, 15) is 4.79 Å². The highest BCUT2D eigenvalue weighted by Gasteiger charge is 2.23. The van der Waals surface area contributed by atoms with Crippen LogP contribution in [0.15, 0.2) is 42.5 Å². The van der Waals surface area contributed by atoms with Gasteiger partial charge in [-0.2, -0.15) is 0 Å². The van der Waals surface area contributed by atoms with Gasteiger partial charge in [0.2, 0.25) is 5.95 Å². The topological polar surface area (TPSA) is 59.8 Å². The Bertz CT molecular complexity index is 941. The molecule has 5 heteroatoms. The van der Waals surface area contributed by atoms with Gasteiger partial charge < -0.3 is 9.88 Å². The second kappa shape index (κ2) is 6.16. The van der Waals surface area contributed by atoms with Gasteiger partial charge in [0.1, 0.15) is 11.5 Å². The Morgan fingerprint density at radius 2 is 1.96 bits per heavy atom. The summed E-state index contributed by atoms with van der Waals surface area (Å²) in [6.07, 6.45) is 0.471. The Hall–Kier alpha value is -2.95. The Morgan fingerprint density at radius 1 is 1.16 bits per heavy atom. The fourth-order valence-electron chi connectivity index (χ4n) is 3.30. The summed E-state index contributed by atoms with van der Waals surface area (Å²) in [7, 11) is 0. The number of hydrogen-bond acceptors (Lipinski definition) is 4. The highest BCUT2D eigenvalue weighted by atomic mass is 16.1. The van der Waals surface area contributed by atoms with E-state index >= 15 is 0 Å². The van der Waals surface area contributed by atoms with Gasteiger partial charge in [-0.05, 0) is 31.5 Å². The number of ketones is 1. The van der Waals surface area contributed by atoms with Crippen LogP contribution in [0.3, 0.4) is 0 Å². The molecule has 1 aromatic carbocycles. The molecule has 1 aliphatic rings. The molecule has 0 saturated heterocycles. The maximum Gasteiger partial charge on any atom is 0.204 e. The number of aromatic nitrogens is 3. The number of carbonyl (C=O) groups is 1. The number of Topliss-reactive ketones (excluding diaryl/α,β-unsaturated/α-hetero) is 1. The number of nitrogens with one attached hydrogen (secondary N) is 1. The van der Waals surface area contributed by atoms with Crippen molar-refractivity contribution < 1.29 is 4.79 Å². The third kappa shape index (κ3) is 2.93. The van der Waals surface area contributed by atoms with Gasteiger partial charge in [0, 0.05) is 30.8 Å². The number of anilines is 1. The fourth-order valence-corrected chi connectivity index (χ4v) is 3.30. The maximum atomic E-state index is 11.3. The molecule has 0 spiro atoms. The van der Waals surface area contributed by atoms with E-state index in [4.69, 9.17) is 4.98 Å². The van der Waals surface area contributed by atoms with E-state index in [1.54, 1.807) is 6.92 Å². The van der Waals surface area contributed by atoms with E-state index in [0.717, 1.165) is 52.9 Å². The number of nitrogens with zero attached hydrogens (tertiary/aromatic N) is 3. The maximum absolute atomic E-state index is 11.3. The molecule has 0 amide bonds. The first-order chi connectivity index (χ1) is 12.1. The van der Waals surface area contributed by atoms with E-state index in [1.807, 2.05) is 37.3 Å². The van der Waals surface area contributed by atoms with Crippen LogP contribution in [0.5, 0.6) is 0 Å². The van der Waals surface area contributed by atoms with Crippen molar-refractivity contribution in [2.45, 2.75) is 26.8 Å². The number of rotatable bonds is 4. The minimum absolute atomic E-state index is 0.173. The molecule has 0 saturated carbocycles. The van der Waals surface area contributed by atoms with Crippen LogP contribution in [0, 0.1) is 6.92 Å². The standard InChI is InChI=1S/C20H20N4O/c1-13-4-3-5-17(22-13)18-19(24-11-10-21-20(24)23-18)16-8-6-15(7-9-16)12-14(2)25/h3-9H,10-12H2,1-2H3,(H,21,23). The van der Waals surface area contributed by atoms with E-state index in [0.29, 0.717) is 6.42 Å². The van der Waals surface area contributed by atoms with Gasteiger partial charge in [0.25, 0.3) is 0 Å². The number of carbonyl (C=O) groups excluding carboxylic acids is 1. The van der Waals surface area contributed by atoms with Crippen LogP contribution in [0.4, 0.5) is 5.95 Å². The molecule has 0 bridgehead atoms. The van der Waals surface area contributed by atoms with E-state index in [1.165, 1.54) is 0 Å². The third-order valence-electron chi connectivity index (χ3n) is 4.40. The molecule has 2 aromatic heterocycles. The van der Waals surface area contributed by atoms with Gasteiger partial charge >= 0.3 is 0 Å². The molecule has 25 heavy (non-hydrogen) atoms. The van der Waals surface area contributed by atoms with Gasteiger partial charge in [-0.1, -0.05) is 30.3 Å². The van der Waals surface area contributed by atoms with Gasteiger partial charge in [0.15, 0.2) is 0 Å². The Morgan fingerprint density at radius 3 is 2.68 bits per heavy atom. The van der Waals surface area contributed by atoms with E-state index < -0.39 is 0 Å². The lowest BCUT2D eigenvalue weighted by Crippen LogP contribution is -2.00. The van der Waals surface area contributed by atoms with Crippen LogP contribution >= 0.6 is 0 Å². The first kappa shape index (κ1) is 15.6. The zero-order valence-electron chi connectivity index (χ0n) is 14.4. The normalized spacial score (nSPS) is 12.7. The van der Waals surface area contributed by atoms with Crippen molar-refractivity contribution in [1.82, 2.24) is 14.5 Å². The van der Waals surface area contributed by atoms with Crippen molar-refractivity contribution in [2.24, 2.45) is 0 Å². The molecule has 0 fully saturated rings. The molecule has 0 unspecified atom stereocenters. The summed E-state index contributed by atoms with van der Waals surface area (Å²) >= 11 is 0. The summed E-state index contributed by atoms with van der Waals surface area (Å²) < 4.78 is 2.21. The summed E-state index contributed by atoms with van der Waals surface area (Å²) in [5, 5.41) is 3.33. The fraction of sp³-hybridized carbons (Fsp3) is 0.250. The number of fused-ring (bicyclic) bond motifs is 1. The van der Waals surface area contributed by atoms with Crippen molar-refractivity contribution in [3.05, 3.63) is 53.7 Å². The quantitative estimate of drug-likeness (QED) is 0.795. The Kier molecular flexibility index (Phi) is 3.84. The van der Waals surface area contributed by atoms with Crippen LogP contribution in [-0.2, 0) is 17.8 Å². The smallest absolute Gasteiger partial charge is 0.204 e. The van der Waals surface area contributed by atoms with Crippen LogP contribution < -0.4 is 5.32 Å². The summed E-state index contributed by atoms with van der Waals surface area (Å²) in [6, 6.07) is 14.2. The first-order valence-electron chi connectivity index (χ1n) is 8.49. The Balaban J connectivity index is 1.82. The van der Waals surface area contributed by atoms with Crippen molar-refractivity contribution in [2.75, 3.05) is 11.9 Å². The average Bonchev–Trinajstić information content (AvgIpc) is 3.16. The van der Waals surface area contributed by atoms with Crippen LogP contribution in [0.2, 0.25) is 0 Å². The molecule has 126 valence electrons. The molecule has 4 rings (SSSR count). The molecule has 3 heterocycles. The number of aryl methyl sites for hydroxylation is 1. The van der Waals surface area contributed by atoms with Gasteiger partial charge in [-0.3, -0.25) is 9.78 Å². The number of imidazole rings is 1. The average molecular weight is 332 g/mol. The second-order valence-corrected chi connectivity index (χ2v) is 6.45. The lowest BCUT2D eigenvalue weighted by molar-refractivity contribution is -0.116. The van der Waals surface area contributed by atoms with Crippen LogP contribution in [-0.4, -0.2) is 26.9 Å². The summed E-state index contributed by atoms with van der Waals surface area (Å²) in [4.78, 5) is 20.8. The number of benzene rings is 1. The lowest BCUT2D eigenvalue weighted by Gasteiger charge is -2.09. The molecule has 1 aliphatic heterocycles. The number of pyridine rings is 1. The third-order valence-corrected chi connectivity index (χ3v) is 4.40. The summed E-state index contributed by atoms with van der Waals surface area (Å²) in [5.41, 5.74) is 5.95. The largest absolute Gasteiger partial charge is 0.354 e. The molecule has 0 aliphatic carbocycles. The zero-order valence-corrected chi connectivity index (χ0v) is 14.4. The van der Waals surface area contributed by atoms with Gasteiger partial charge in [-0.15, -0.1) is 0 Å². The van der Waals surface area contributed by atoms with Gasteiger partial charge in [-0.25, -0.2) is 4.98 Å². The highest BCUT2D eigenvalue weighted by Crippen LogP contribution is 2.35. The molecule has 3 aromatic rings. The van der Waals surface area contributed by atoms with Crippen molar-refractivity contribution in [3.63, 3.8) is 0 Å². The predicted octanol–water partition coefficient (Wildman–Crippen LogP) is 3.48. The zero-order chi connectivity index (χ0) is 17.4. The molecule has 0 radical (unpaired) electrons. The molecule has 5 nitrogen and oxygen atoms in total. The predicted molar refractivity (Wildman–Crippen MR) is 98.5 cm³/mol. The first-order valence-corrected chi connectivity index (χ1v) is 8.49. The minimum Gasteiger partial charge on any atom is -0.354 e. The highest BCUT2D eigenvalue weighted by molar-refractivity contribution is 5.81. The summed E-state index contributed by atoms with van der Waals surface area (Å²) in [6.45, 7) is 5.38. The van der Waals surface area contributed by atoms with Gasteiger partial charge in [0.05, 0.1) is 11.4 Å². The lowest BCUT2D eigenvalue weighted by atomic mass is 10.0. The Labute approximate surface area is 146 Å². The minimum atomic E-state index is 0.173. The monoisotopic (exact) mass is 332 g/mol. The summed E-state index contributed by atoms with van der Waals surface area (Å²) in [5.74, 6) is 1.06. The molecular weight excluding hydrogens is 312 g/mol. The SMILES string of the molecule is CC(=O)Cc1ccc(-c2c(-c3cccc(C)n3)nc3n2CCN3)cc1. The van der Waals surface area contributed by atoms with Crippen molar-refractivity contribution in [3.8, 4) is 22.6 Å². The van der Waals surface area contributed by atoms with Crippen LogP contribution in [0.1, 0.15) is 18.2 Å². The van der Waals surface area contributed by atoms with Crippen LogP contribution in [0.25, 0.3) is 22.6 Å². The molecule has 0 atom stereocenters. The van der Waals surface area contributed by atoms with E-state index in [-0.39, 0.29) is 5.78 Å². The second-order valence-electron chi connectivity index (χ2n) is 6.45. The molecule has 1 N–H and O–H groups in total. The number of hydrogen-bond donors (Lipinski definition) is 1. The molecular formula is C20H20N4O.